The SMILES string of the molecule is C.O=C(O[C@H](Cc1ccc(C(F)(F)F)c(Br)c1)C(=O)N1CCC(C2CCNCC2)CC1)N1CCC(N2CCc3ccccc3NC2=O)CC1. The predicted molar refractivity (Wildman–Crippen MR) is 185 cm³/mol. The van der Waals surface area contributed by atoms with Gasteiger partial charge in [-0.05, 0) is 99.2 Å². The van der Waals surface area contributed by atoms with E-state index in [1.54, 1.807) is 9.80 Å². The van der Waals surface area contributed by atoms with Crippen molar-refractivity contribution in [2.24, 2.45) is 11.8 Å². The first-order chi connectivity index (χ1) is 23.1. The molecule has 4 aliphatic rings. The highest BCUT2D eigenvalue weighted by Gasteiger charge is 2.37. The van der Waals surface area contributed by atoms with Crippen LogP contribution in [-0.4, -0.2) is 90.7 Å². The molecule has 1 atom stereocenters. The van der Waals surface area contributed by atoms with Gasteiger partial charge in [0, 0.05) is 55.3 Å². The van der Waals surface area contributed by atoms with Crippen LogP contribution in [0.3, 0.4) is 0 Å². The highest BCUT2D eigenvalue weighted by molar-refractivity contribution is 9.10. The van der Waals surface area contributed by atoms with Crippen LogP contribution in [0.1, 0.15) is 62.6 Å². The molecule has 0 saturated carbocycles. The topological polar surface area (TPSA) is 94.2 Å². The molecule has 0 radical (unpaired) electrons. The molecular formula is C36H47BrF3N5O4. The Labute approximate surface area is 295 Å². The smallest absolute Gasteiger partial charge is 0.417 e. The van der Waals surface area contributed by atoms with E-state index in [-0.39, 0.29) is 36.3 Å². The molecule has 3 fully saturated rings. The third-order valence-corrected chi connectivity index (χ3v) is 11.1. The third-order valence-electron chi connectivity index (χ3n) is 10.5. The van der Waals surface area contributed by atoms with Gasteiger partial charge in [-0.2, -0.15) is 13.2 Å². The monoisotopic (exact) mass is 749 g/mol. The molecule has 4 amide bonds. The lowest BCUT2D eigenvalue weighted by Crippen LogP contribution is -2.52. The number of rotatable bonds is 6. The molecule has 13 heteroatoms. The molecule has 6 rings (SSSR count). The van der Waals surface area contributed by atoms with Gasteiger partial charge in [0.25, 0.3) is 5.91 Å². The average molecular weight is 751 g/mol. The maximum absolute atomic E-state index is 13.9. The van der Waals surface area contributed by atoms with Gasteiger partial charge in [-0.25, -0.2) is 9.59 Å². The van der Waals surface area contributed by atoms with Crippen LogP contribution in [0.25, 0.3) is 0 Å². The first-order valence-electron chi connectivity index (χ1n) is 17.0. The van der Waals surface area contributed by atoms with Gasteiger partial charge in [0.15, 0.2) is 6.10 Å². The second kappa shape index (κ2) is 16.1. The minimum absolute atomic E-state index is 0. The maximum atomic E-state index is 13.9. The van der Waals surface area contributed by atoms with Gasteiger partial charge < -0.3 is 30.1 Å². The van der Waals surface area contributed by atoms with Crippen LogP contribution >= 0.6 is 15.9 Å². The molecule has 0 unspecified atom stereocenters. The van der Waals surface area contributed by atoms with E-state index >= 15 is 0 Å². The summed E-state index contributed by atoms with van der Waals surface area (Å²) < 4.78 is 46.0. The average Bonchev–Trinajstić information content (AvgIpc) is 3.25. The van der Waals surface area contributed by atoms with Crippen molar-refractivity contribution in [3.8, 4) is 0 Å². The maximum Gasteiger partial charge on any atom is 0.417 e. The van der Waals surface area contributed by atoms with Gasteiger partial charge >= 0.3 is 18.3 Å². The van der Waals surface area contributed by atoms with Crippen molar-refractivity contribution in [2.75, 3.05) is 51.1 Å². The summed E-state index contributed by atoms with van der Waals surface area (Å²) in [5, 5.41) is 6.41. The summed E-state index contributed by atoms with van der Waals surface area (Å²) >= 11 is 3.03. The van der Waals surface area contributed by atoms with Crippen LogP contribution in [0.4, 0.5) is 28.4 Å². The Kier molecular flexibility index (Phi) is 12.2. The van der Waals surface area contributed by atoms with Gasteiger partial charge in [0.2, 0.25) is 0 Å². The Morgan fingerprint density at radius 3 is 2.22 bits per heavy atom. The number of para-hydroxylation sites is 1. The first-order valence-corrected chi connectivity index (χ1v) is 17.8. The van der Waals surface area contributed by atoms with Gasteiger partial charge in [-0.15, -0.1) is 0 Å². The highest BCUT2D eigenvalue weighted by Crippen LogP contribution is 2.36. The number of piperidine rings is 3. The van der Waals surface area contributed by atoms with Crippen LogP contribution in [0.5, 0.6) is 0 Å². The molecule has 4 heterocycles. The number of urea groups is 1. The summed E-state index contributed by atoms with van der Waals surface area (Å²) in [7, 11) is 0. The molecule has 0 aromatic heterocycles. The lowest BCUT2D eigenvalue weighted by Gasteiger charge is -2.39. The second-order valence-electron chi connectivity index (χ2n) is 13.4. The van der Waals surface area contributed by atoms with Crippen molar-refractivity contribution in [2.45, 2.75) is 77.1 Å². The Hall–Kier alpha value is -3.32. The fourth-order valence-electron chi connectivity index (χ4n) is 7.71. The van der Waals surface area contributed by atoms with Crippen LogP contribution in [0, 0.1) is 11.8 Å². The fraction of sp³-hybridized carbons (Fsp3) is 0.583. The summed E-state index contributed by atoms with van der Waals surface area (Å²) in [5.41, 5.74) is 1.55. The first kappa shape index (κ1) is 36.9. The van der Waals surface area contributed by atoms with Gasteiger partial charge in [0.05, 0.1) is 5.56 Å². The Bertz CT molecular complexity index is 1470. The number of ether oxygens (including phenoxy) is 1. The number of amides is 4. The fourth-order valence-corrected chi connectivity index (χ4v) is 8.36. The molecule has 0 spiro atoms. The molecule has 2 aromatic carbocycles. The Balaban J connectivity index is 0.00000468. The van der Waals surface area contributed by atoms with E-state index < -0.39 is 23.9 Å². The molecule has 2 aromatic rings. The predicted octanol–water partition coefficient (Wildman–Crippen LogP) is 6.94. The summed E-state index contributed by atoms with van der Waals surface area (Å²) in [6.45, 7) is 4.44. The molecule has 0 bridgehead atoms. The standard InChI is InChI=1S/C35H43BrF3N5O4.CH4/c36-29-21-23(5-6-28(29)35(37,38)39)22-31(32(45)42-16-9-25(10-17-42)24-7-14-40-15-8-24)48-34(47)43-18-12-27(13-19-43)44-20-11-26-3-1-2-4-30(26)41-33(44)46;/h1-6,21,24-25,27,31,40H,7-20,22H2,(H,41,46);1H4/t31-;/m1./s1. The largest absolute Gasteiger partial charge is 0.436 e. The van der Waals surface area contributed by atoms with Gasteiger partial charge in [-0.1, -0.05) is 47.6 Å². The van der Waals surface area contributed by atoms with Crippen molar-refractivity contribution in [3.63, 3.8) is 0 Å². The lowest BCUT2D eigenvalue weighted by atomic mass is 9.79. The molecule has 2 N–H and O–H groups in total. The molecule has 268 valence electrons. The number of fused-ring (bicyclic) bond motifs is 1. The van der Waals surface area contributed by atoms with Crippen molar-refractivity contribution < 1.29 is 32.3 Å². The summed E-state index contributed by atoms with van der Waals surface area (Å²) in [6, 6.07) is 11.2. The number of nitrogens with zero attached hydrogens (tertiary/aromatic N) is 3. The number of carbonyl (C=O) groups is 3. The number of likely N-dealkylation sites (tertiary alicyclic amines) is 2. The zero-order chi connectivity index (χ0) is 33.8. The summed E-state index contributed by atoms with van der Waals surface area (Å²) in [4.78, 5) is 45.6. The molecular weight excluding hydrogens is 703 g/mol. The lowest BCUT2D eigenvalue weighted by molar-refractivity contribution is -0.142. The van der Waals surface area contributed by atoms with Crippen molar-refractivity contribution in [3.05, 3.63) is 63.6 Å². The number of hydrogen-bond donors (Lipinski definition) is 2. The van der Waals surface area contributed by atoms with E-state index in [0.717, 1.165) is 62.5 Å². The number of hydrogen-bond acceptors (Lipinski definition) is 5. The van der Waals surface area contributed by atoms with Crippen LogP contribution in [-0.2, 0) is 28.5 Å². The van der Waals surface area contributed by atoms with E-state index in [0.29, 0.717) is 63.0 Å². The van der Waals surface area contributed by atoms with E-state index in [2.05, 4.69) is 26.6 Å². The third kappa shape index (κ3) is 8.89. The van der Waals surface area contributed by atoms with Crippen LogP contribution < -0.4 is 10.6 Å². The Morgan fingerprint density at radius 2 is 1.55 bits per heavy atom. The number of carbonyl (C=O) groups excluding carboxylic acids is 3. The van der Waals surface area contributed by atoms with Crippen molar-refractivity contribution in [1.82, 2.24) is 20.0 Å². The number of anilines is 1. The van der Waals surface area contributed by atoms with Crippen LogP contribution in [0.2, 0.25) is 0 Å². The van der Waals surface area contributed by atoms with Crippen molar-refractivity contribution in [1.29, 1.82) is 0 Å². The quantitative estimate of drug-likeness (QED) is 0.334. The molecule has 49 heavy (non-hydrogen) atoms. The molecule has 3 saturated heterocycles. The summed E-state index contributed by atoms with van der Waals surface area (Å²) in [6.07, 6.45) is -0.487. The van der Waals surface area contributed by atoms with Gasteiger partial charge in [0.1, 0.15) is 0 Å². The Morgan fingerprint density at radius 1 is 0.898 bits per heavy atom. The van der Waals surface area contributed by atoms with Crippen LogP contribution in [0.15, 0.2) is 46.9 Å². The highest BCUT2D eigenvalue weighted by atomic mass is 79.9. The van der Waals surface area contributed by atoms with E-state index in [9.17, 15) is 27.6 Å². The van der Waals surface area contributed by atoms with E-state index in [1.165, 1.54) is 12.1 Å². The van der Waals surface area contributed by atoms with Crippen molar-refractivity contribution >= 4 is 39.6 Å². The normalized spacial score (nSPS) is 20.5. The zero-order valence-corrected chi connectivity index (χ0v) is 28.5. The number of benzene rings is 2. The van der Waals surface area contributed by atoms with E-state index in [4.69, 9.17) is 4.74 Å². The zero-order valence-electron chi connectivity index (χ0n) is 26.9. The molecule has 9 nitrogen and oxygen atoms in total. The number of alkyl halides is 3. The second-order valence-corrected chi connectivity index (χ2v) is 14.2. The van der Waals surface area contributed by atoms with E-state index in [1.807, 2.05) is 29.2 Å². The molecule has 0 aliphatic carbocycles. The van der Waals surface area contributed by atoms with Gasteiger partial charge in [-0.3, -0.25) is 4.79 Å². The number of nitrogens with one attached hydrogen (secondary N) is 2. The molecule has 4 aliphatic heterocycles. The number of halogens is 4. The minimum atomic E-state index is -4.53. The minimum Gasteiger partial charge on any atom is -0.436 e. The summed E-state index contributed by atoms with van der Waals surface area (Å²) in [5.74, 6) is 0.865.